The quantitative estimate of drug-likeness (QED) is 0.786. The Bertz CT molecular complexity index is 411. The molecule has 0 radical (unpaired) electrons. The van der Waals surface area contributed by atoms with Gasteiger partial charge in [0.2, 0.25) is 0 Å². The normalized spacial score (nSPS) is 12.5. The molecule has 0 aliphatic carbocycles. The number of anilines is 1. The van der Waals surface area contributed by atoms with Gasteiger partial charge in [-0.2, -0.15) is 0 Å². The molecule has 3 heteroatoms. The second kappa shape index (κ2) is 7.79. The van der Waals surface area contributed by atoms with Crippen molar-refractivity contribution in [2.75, 3.05) is 11.9 Å². The van der Waals surface area contributed by atoms with E-state index >= 15 is 0 Å². The van der Waals surface area contributed by atoms with Crippen molar-refractivity contribution in [1.29, 1.82) is 0 Å². The molecule has 0 aliphatic rings. The van der Waals surface area contributed by atoms with Crippen LogP contribution < -0.4 is 10.6 Å². The smallest absolute Gasteiger partial charge is 0.126 e. The molecule has 0 aliphatic heterocycles. The van der Waals surface area contributed by atoms with E-state index in [2.05, 4.69) is 77.3 Å². The van der Waals surface area contributed by atoms with Crippen LogP contribution in [0.3, 0.4) is 0 Å². The number of nitrogens with one attached hydrogen (secondary N) is 2. The molecule has 1 rings (SSSR count). The predicted molar refractivity (Wildman–Crippen MR) is 92.5 cm³/mol. The lowest BCUT2D eigenvalue weighted by atomic mass is 9.85. The molecule has 0 amide bonds. The third-order valence-electron chi connectivity index (χ3n) is 3.84. The third-order valence-corrected chi connectivity index (χ3v) is 3.84. The minimum absolute atomic E-state index is 0.117. The molecule has 1 aromatic heterocycles. The van der Waals surface area contributed by atoms with Crippen molar-refractivity contribution in [1.82, 2.24) is 10.3 Å². The van der Waals surface area contributed by atoms with E-state index in [0.717, 1.165) is 24.6 Å². The zero-order valence-electron chi connectivity index (χ0n) is 14.8. The van der Waals surface area contributed by atoms with Crippen molar-refractivity contribution >= 4 is 5.82 Å². The Morgan fingerprint density at radius 2 is 1.67 bits per heavy atom. The zero-order chi connectivity index (χ0) is 16.0. The molecule has 3 nitrogen and oxygen atoms in total. The first kappa shape index (κ1) is 18.0. The fourth-order valence-electron chi connectivity index (χ4n) is 2.50. The highest BCUT2D eigenvalue weighted by Gasteiger charge is 2.17. The van der Waals surface area contributed by atoms with Crippen LogP contribution in [0.4, 0.5) is 5.82 Å². The first-order valence-corrected chi connectivity index (χ1v) is 8.14. The molecule has 120 valence electrons. The topological polar surface area (TPSA) is 37.0 Å². The lowest BCUT2D eigenvalue weighted by Gasteiger charge is -2.25. The van der Waals surface area contributed by atoms with Crippen LogP contribution in [-0.2, 0) is 6.54 Å². The summed E-state index contributed by atoms with van der Waals surface area (Å²) in [5.74, 6) is 3.02. The van der Waals surface area contributed by atoms with Crippen LogP contribution in [0.25, 0.3) is 0 Å². The summed E-state index contributed by atoms with van der Waals surface area (Å²) in [4.78, 5) is 4.69. The Balaban J connectivity index is 2.60. The standard InChI is InChI=1S/C18H33N3/c1-13(2)16(14(3)4)12-19-17-10-8-9-15(21-17)11-20-18(5,6)7/h8-10,13-14,16,20H,11-12H2,1-7H3,(H,19,21). The molecule has 0 atom stereocenters. The monoisotopic (exact) mass is 291 g/mol. The van der Waals surface area contributed by atoms with Gasteiger partial charge in [-0.1, -0.05) is 33.8 Å². The highest BCUT2D eigenvalue weighted by atomic mass is 15.0. The highest BCUT2D eigenvalue weighted by molar-refractivity contribution is 5.35. The van der Waals surface area contributed by atoms with Crippen LogP contribution in [-0.4, -0.2) is 17.1 Å². The lowest BCUT2D eigenvalue weighted by molar-refractivity contribution is 0.304. The molecule has 0 saturated carbocycles. The Labute approximate surface area is 130 Å². The number of rotatable bonds is 7. The average Bonchev–Trinajstić information content (AvgIpc) is 2.35. The number of hydrogen-bond donors (Lipinski definition) is 2. The second-order valence-electron chi connectivity index (χ2n) is 7.65. The highest BCUT2D eigenvalue weighted by Crippen LogP contribution is 2.21. The van der Waals surface area contributed by atoms with Gasteiger partial charge in [0.05, 0.1) is 5.69 Å². The van der Waals surface area contributed by atoms with E-state index in [4.69, 9.17) is 4.98 Å². The Hall–Kier alpha value is -1.09. The van der Waals surface area contributed by atoms with Gasteiger partial charge in [0.25, 0.3) is 0 Å². The maximum atomic E-state index is 4.69. The minimum Gasteiger partial charge on any atom is -0.370 e. The third kappa shape index (κ3) is 6.94. The van der Waals surface area contributed by atoms with Crippen molar-refractivity contribution in [3.63, 3.8) is 0 Å². The van der Waals surface area contributed by atoms with Gasteiger partial charge in [0.1, 0.15) is 5.82 Å². The second-order valence-corrected chi connectivity index (χ2v) is 7.65. The van der Waals surface area contributed by atoms with Gasteiger partial charge < -0.3 is 10.6 Å². The van der Waals surface area contributed by atoms with Gasteiger partial charge in [-0.3, -0.25) is 0 Å². The molecule has 0 saturated heterocycles. The number of aromatic nitrogens is 1. The van der Waals surface area contributed by atoms with Crippen LogP contribution in [0, 0.1) is 17.8 Å². The van der Waals surface area contributed by atoms with E-state index in [-0.39, 0.29) is 5.54 Å². The van der Waals surface area contributed by atoms with Crippen LogP contribution in [0.15, 0.2) is 18.2 Å². The van der Waals surface area contributed by atoms with Crippen molar-refractivity contribution in [3.05, 3.63) is 23.9 Å². The van der Waals surface area contributed by atoms with E-state index in [0.29, 0.717) is 17.8 Å². The van der Waals surface area contributed by atoms with Crippen LogP contribution in [0.2, 0.25) is 0 Å². The molecule has 2 N–H and O–H groups in total. The van der Waals surface area contributed by atoms with E-state index in [1.807, 2.05) is 0 Å². The SMILES string of the molecule is CC(C)C(CNc1cccc(CNC(C)(C)C)n1)C(C)C. The molecular formula is C18H33N3. The van der Waals surface area contributed by atoms with Crippen LogP contribution in [0.5, 0.6) is 0 Å². The fourth-order valence-corrected chi connectivity index (χ4v) is 2.50. The number of pyridine rings is 1. The summed E-state index contributed by atoms with van der Waals surface area (Å²) < 4.78 is 0. The van der Waals surface area contributed by atoms with Gasteiger partial charge in [-0.05, 0) is 50.7 Å². The summed E-state index contributed by atoms with van der Waals surface area (Å²) in [5, 5.41) is 6.98. The summed E-state index contributed by atoms with van der Waals surface area (Å²) in [7, 11) is 0. The van der Waals surface area contributed by atoms with Crippen molar-refractivity contribution in [2.45, 2.75) is 60.5 Å². The van der Waals surface area contributed by atoms with Gasteiger partial charge in [-0.15, -0.1) is 0 Å². The average molecular weight is 291 g/mol. The maximum Gasteiger partial charge on any atom is 0.126 e. The summed E-state index contributed by atoms with van der Waals surface area (Å²) in [6.07, 6.45) is 0. The van der Waals surface area contributed by atoms with E-state index in [9.17, 15) is 0 Å². The lowest BCUT2D eigenvalue weighted by Crippen LogP contribution is -2.35. The molecule has 0 aromatic carbocycles. The first-order chi connectivity index (χ1) is 9.69. The van der Waals surface area contributed by atoms with Crippen molar-refractivity contribution < 1.29 is 0 Å². The van der Waals surface area contributed by atoms with Gasteiger partial charge in [0, 0.05) is 18.6 Å². The van der Waals surface area contributed by atoms with Gasteiger partial charge >= 0.3 is 0 Å². The summed E-state index contributed by atoms with van der Waals surface area (Å²) >= 11 is 0. The van der Waals surface area contributed by atoms with Crippen molar-refractivity contribution in [2.24, 2.45) is 17.8 Å². The summed E-state index contributed by atoms with van der Waals surface area (Å²) in [6, 6.07) is 6.21. The molecule has 1 aromatic rings. The predicted octanol–water partition coefficient (Wildman–Crippen LogP) is 4.31. The van der Waals surface area contributed by atoms with E-state index in [1.165, 1.54) is 0 Å². The number of nitrogens with zero attached hydrogens (tertiary/aromatic N) is 1. The summed E-state index contributed by atoms with van der Waals surface area (Å²) in [5.41, 5.74) is 1.20. The zero-order valence-corrected chi connectivity index (χ0v) is 14.8. The van der Waals surface area contributed by atoms with Crippen molar-refractivity contribution in [3.8, 4) is 0 Å². The van der Waals surface area contributed by atoms with E-state index in [1.54, 1.807) is 0 Å². The number of hydrogen-bond acceptors (Lipinski definition) is 3. The summed E-state index contributed by atoms with van der Waals surface area (Å²) in [6.45, 7) is 17.5. The molecular weight excluding hydrogens is 258 g/mol. The maximum absolute atomic E-state index is 4.69. The van der Waals surface area contributed by atoms with Crippen LogP contribution >= 0.6 is 0 Å². The molecule has 0 unspecified atom stereocenters. The van der Waals surface area contributed by atoms with Crippen LogP contribution in [0.1, 0.15) is 54.2 Å². The largest absolute Gasteiger partial charge is 0.370 e. The first-order valence-electron chi connectivity index (χ1n) is 8.14. The van der Waals surface area contributed by atoms with Gasteiger partial charge in [-0.25, -0.2) is 4.98 Å². The minimum atomic E-state index is 0.117. The Morgan fingerprint density at radius 3 is 2.19 bits per heavy atom. The molecule has 21 heavy (non-hydrogen) atoms. The molecule has 0 fully saturated rings. The molecule has 0 spiro atoms. The Kier molecular flexibility index (Phi) is 6.66. The molecule has 1 heterocycles. The fraction of sp³-hybridized carbons (Fsp3) is 0.722. The Morgan fingerprint density at radius 1 is 1.05 bits per heavy atom. The van der Waals surface area contributed by atoms with Gasteiger partial charge in [0.15, 0.2) is 0 Å². The molecule has 0 bridgehead atoms. The van der Waals surface area contributed by atoms with E-state index < -0.39 is 0 Å².